The van der Waals surface area contributed by atoms with Crippen LogP contribution in [0.25, 0.3) is 4.96 Å². The van der Waals surface area contributed by atoms with Crippen LogP contribution in [-0.4, -0.2) is 20.5 Å². The molecule has 0 spiro atoms. The van der Waals surface area contributed by atoms with Crippen molar-refractivity contribution in [1.82, 2.24) is 14.6 Å². The first-order valence-electron chi connectivity index (χ1n) is 5.84. The zero-order valence-electron chi connectivity index (χ0n) is 10.5. The van der Waals surface area contributed by atoms with Gasteiger partial charge in [0.15, 0.2) is 0 Å². The van der Waals surface area contributed by atoms with E-state index in [-0.39, 0.29) is 5.91 Å². The van der Waals surface area contributed by atoms with E-state index in [1.54, 1.807) is 0 Å². The van der Waals surface area contributed by atoms with Crippen LogP contribution in [0.15, 0.2) is 30.3 Å². The molecule has 1 N–H and O–H groups in total. The molecule has 0 saturated heterocycles. The van der Waals surface area contributed by atoms with Gasteiger partial charge in [0, 0.05) is 11.4 Å². The lowest BCUT2D eigenvalue weighted by atomic mass is 10.3. The van der Waals surface area contributed by atoms with Gasteiger partial charge in [-0.1, -0.05) is 29.5 Å². The summed E-state index contributed by atoms with van der Waals surface area (Å²) < 4.78 is 1.89. The number of aromatic nitrogens is 3. The van der Waals surface area contributed by atoms with Gasteiger partial charge in [-0.3, -0.25) is 9.20 Å². The second-order valence-corrected chi connectivity index (χ2v) is 5.18. The Bertz CT molecular complexity index is 745. The van der Waals surface area contributed by atoms with Gasteiger partial charge in [0.05, 0.1) is 0 Å². The van der Waals surface area contributed by atoms with Crippen molar-refractivity contribution in [2.75, 3.05) is 5.32 Å². The third-order valence-electron chi connectivity index (χ3n) is 2.89. The lowest BCUT2D eigenvalue weighted by Gasteiger charge is -2.03. The fraction of sp³-hybridized carbons (Fsp3) is 0.154. The maximum atomic E-state index is 12.3. The van der Waals surface area contributed by atoms with Crippen molar-refractivity contribution in [3.05, 3.63) is 46.7 Å². The minimum absolute atomic E-state index is 0.112. The summed E-state index contributed by atoms with van der Waals surface area (Å²) in [7, 11) is 0. The minimum Gasteiger partial charge on any atom is -0.321 e. The number of carbonyl (C=O) groups excluding carboxylic acids is 1. The van der Waals surface area contributed by atoms with E-state index in [0.717, 1.165) is 22.2 Å². The van der Waals surface area contributed by atoms with Crippen LogP contribution >= 0.6 is 11.3 Å². The standard InChI is InChI=1S/C13H12N4OS/c1-8-11(19-13-16-15-9(2)17(8)13)12(18)14-10-6-4-3-5-7-10/h3-7H,1-2H3,(H,14,18). The van der Waals surface area contributed by atoms with Crippen molar-refractivity contribution in [3.63, 3.8) is 0 Å². The number of benzene rings is 1. The quantitative estimate of drug-likeness (QED) is 0.780. The van der Waals surface area contributed by atoms with Gasteiger partial charge in [-0.25, -0.2) is 0 Å². The van der Waals surface area contributed by atoms with Gasteiger partial charge in [0.2, 0.25) is 4.96 Å². The Kier molecular flexibility index (Phi) is 2.79. The van der Waals surface area contributed by atoms with Crippen LogP contribution in [0.4, 0.5) is 5.69 Å². The topological polar surface area (TPSA) is 59.3 Å². The molecule has 0 aliphatic rings. The van der Waals surface area contributed by atoms with E-state index in [0.29, 0.717) is 4.88 Å². The smallest absolute Gasteiger partial charge is 0.267 e. The Balaban J connectivity index is 1.96. The number of hydrogen-bond donors (Lipinski definition) is 1. The number of anilines is 1. The minimum atomic E-state index is -0.112. The Morgan fingerprint density at radius 1 is 1.21 bits per heavy atom. The number of carbonyl (C=O) groups is 1. The van der Waals surface area contributed by atoms with Crippen LogP contribution < -0.4 is 5.32 Å². The van der Waals surface area contributed by atoms with Crippen LogP contribution in [0.2, 0.25) is 0 Å². The van der Waals surface area contributed by atoms with Crippen LogP contribution in [0.5, 0.6) is 0 Å². The summed E-state index contributed by atoms with van der Waals surface area (Å²) in [4.78, 5) is 13.7. The zero-order chi connectivity index (χ0) is 13.4. The summed E-state index contributed by atoms with van der Waals surface area (Å²) in [5.41, 5.74) is 1.66. The predicted molar refractivity (Wildman–Crippen MR) is 74.7 cm³/mol. The SMILES string of the molecule is Cc1nnc2sc(C(=O)Nc3ccccc3)c(C)n12. The summed E-state index contributed by atoms with van der Waals surface area (Å²) in [6.45, 7) is 3.78. The average Bonchev–Trinajstić information content (AvgIpc) is 2.93. The Labute approximate surface area is 113 Å². The molecule has 96 valence electrons. The number of nitrogens with one attached hydrogen (secondary N) is 1. The second kappa shape index (κ2) is 4.47. The first-order valence-corrected chi connectivity index (χ1v) is 6.66. The molecular weight excluding hydrogens is 260 g/mol. The highest BCUT2D eigenvalue weighted by molar-refractivity contribution is 7.19. The third-order valence-corrected chi connectivity index (χ3v) is 4.02. The fourth-order valence-corrected chi connectivity index (χ4v) is 2.99. The van der Waals surface area contributed by atoms with Crippen molar-refractivity contribution in [2.45, 2.75) is 13.8 Å². The molecule has 0 fully saturated rings. The molecule has 0 atom stereocenters. The molecule has 19 heavy (non-hydrogen) atoms. The van der Waals surface area contributed by atoms with E-state index < -0.39 is 0 Å². The van der Waals surface area contributed by atoms with Gasteiger partial charge in [-0.2, -0.15) is 0 Å². The number of amides is 1. The maximum Gasteiger partial charge on any atom is 0.267 e. The van der Waals surface area contributed by atoms with Crippen LogP contribution in [0.3, 0.4) is 0 Å². The summed E-state index contributed by atoms with van der Waals surface area (Å²) in [6.07, 6.45) is 0. The number of fused-ring (bicyclic) bond motifs is 1. The lowest BCUT2D eigenvalue weighted by Crippen LogP contribution is -2.12. The number of nitrogens with zero attached hydrogens (tertiary/aromatic N) is 3. The van der Waals surface area contributed by atoms with E-state index in [4.69, 9.17) is 0 Å². The van der Waals surface area contributed by atoms with Gasteiger partial charge in [0.1, 0.15) is 10.7 Å². The molecule has 0 radical (unpaired) electrons. The average molecular weight is 272 g/mol. The Morgan fingerprint density at radius 3 is 2.63 bits per heavy atom. The number of para-hydroxylation sites is 1. The first kappa shape index (κ1) is 11.9. The second-order valence-electron chi connectivity index (χ2n) is 4.20. The number of hydrogen-bond acceptors (Lipinski definition) is 4. The monoisotopic (exact) mass is 272 g/mol. The highest BCUT2D eigenvalue weighted by Crippen LogP contribution is 2.23. The fourth-order valence-electron chi connectivity index (χ4n) is 1.98. The van der Waals surface area contributed by atoms with E-state index >= 15 is 0 Å². The van der Waals surface area contributed by atoms with Gasteiger partial charge in [-0.05, 0) is 26.0 Å². The molecule has 1 aromatic carbocycles. The molecule has 0 unspecified atom stereocenters. The highest BCUT2D eigenvalue weighted by Gasteiger charge is 2.18. The van der Waals surface area contributed by atoms with Crippen molar-refractivity contribution in [3.8, 4) is 0 Å². The van der Waals surface area contributed by atoms with Crippen molar-refractivity contribution >= 4 is 27.9 Å². The van der Waals surface area contributed by atoms with E-state index in [1.807, 2.05) is 48.6 Å². The molecule has 5 nitrogen and oxygen atoms in total. The molecule has 1 amide bonds. The Hall–Kier alpha value is -2.21. The lowest BCUT2D eigenvalue weighted by molar-refractivity contribution is 0.102. The summed E-state index contributed by atoms with van der Waals surface area (Å²) in [5, 5.41) is 10.9. The molecule has 2 heterocycles. The van der Waals surface area contributed by atoms with Crippen LogP contribution in [0.1, 0.15) is 21.2 Å². The van der Waals surface area contributed by atoms with Gasteiger partial charge >= 0.3 is 0 Å². The van der Waals surface area contributed by atoms with Crippen LogP contribution in [0, 0.1) is 13.8 Å². The molecular formula is C13H12N4OS. The van der Waals surface area contributed by atoms with Crippen molar-refractivity contribution in [2.24, 2.45) is 0 Å². The normalized spacial score (nSPS) is 10.8. The molecule has 0 aliphatic carbocycles. The molecule has 3 rings (SSSR count). The first-order chi connectivity index (χ1) is 9.16. The Morgan fingerprint density at radius 2 is 1.95 bits per heavy atom. The summed E-state index contributed by atoms with van der Waals surface area (Å²) in [5.74, 6) is 0.682. The molecule has 0 aliphatic heterocycles. The van der Waals surface area contributed by atoms with Crippen molar-refractivity contribution in [1.29, 1.82) is 0 Å². The molecule has 3 aromatic rings. The predicted octanol–water partition coefficient (Wildman–Crippen LogP) is 2.66. The highest BCUT2D eigenvalue weighted by atomic mass is 32.1. The molecule has 6 heteroatoms. The van der Waals surface area contributed by atoms with Gasteiger partial charge in [0.25, 0.3) is 5.91 Å². The van der Waals surface area contributed by atoms with Gasteiger partial charge < -0.3 is 5.32 Å². The number of aryl methyl sites for hydroxylation is 2. The summed E-state index contributed by atoms with van der Waals surface area (Å²) in [6, 6.07) is 9.40. The largest absolute Gasteiger partial charge is 0.321 e. The number of rotatable bonds is 2. The molecule has 2 aromatic heterocycles. The summed E-state index contributed by atoms with van der Waals surface area (Å²) >= 11 is 1.35. The van der Waals surface area contributed by atoms with E-state index in [1.165, 1.54) is 11.3 Å². The van der Waals surface area contributed by atoms with Crippen molar-refractivity contribution < 1.29 is 4.79 Å². The number of thiazole rings is 1. The molecule has 0 saturated carbocycles. The zero-order valence-corrected chi connectivity index (χ0v) is 11.4. The maximum absolute atomic E-state index is 12.3. The van der Waals surface area contributed by atoms with Crippen LogP contribution in [-0.2, 0) is 0 Å². The van der Waals surface area contributed by atoms with E-state index in [2.05, 4.69) is 15.5 Å². The molecule has 0 bridgehead atoms. The van der Waals surface area contributed by atoms with Gasteiger partial charge in [-0.15, -0.1) is 10.2 Å². The van der Waals surface area contributed by atoms with E-state index in [9.17, 15) is 4.79 Å². The third kappa shape index (κ3) is 2.00.